The van der Waals surface area contributed by atoms with E-state index in [4.69, 9.17) is 4.74 Å². The molecular weight excluding hydrogens is 375 g/mol. The predicted octanol–water partition coefficient (Wildman–Crippen LogP) is 3.56. The van der Waals surface area contributed by atoms with Gasteiger partial charge in [-0.2, -0.15) is 0 Å². The lowest BCUT2D eigenvalue weighted by molar-refractivity contribution is 0.0468. The maximum Gasteiger partial charge on any atom is 0.407 e. The first-order valence-electron chi connectivity index (χ1n) is 9.33. The second kappa shape index (κ2) is 8.03. The molecule has 3 amide bonds. The lowest BCUT2D eigenvalue weighted by Gasteiger charge is -2.26. The first-order chi connectivity index (χ1) is 13.6. The van der Waals surface area contributed by atoms with Crippen molar-refractivity contribution in [3.05, 3.63) is 71.0 Å². The number of alkyl carbamates (subject to hydrolysis) is 1. The number of imide groups is 1. The molecule has 0 aromatic heterocycles. The van der Waals surface area contributed by atoms with Crippen molar-refractivity contribution in [1.29, 1.82) is 0 Å². The quantitative estimate of drug-likeness (QED) is 0.782. The third kappa shape index (κ3) is 4.99. The zero-order valence-electron chi connectivity index (χ0n) is 16.6. The van der Waals surface area contributed by atoms with E-state index in [9.17, 15) is 18.8 Å². The van der Waals surface area contributed by atoms with Crippen LogP contribution in [0.3, 0.4) is 0 Å². The maximum atomic E-state index is 13.6. The van der Waals surface area contributed by atoms with Gasteiger partial charge in [0.05, 0.1) is 23.7 Å². The highest BCUT2D eigenvalue weighted by Crippen LogP contribution is 2.23. The van der Waals surface area contributed by atoms with Crippen LogP contribution >= 0.6 is 0 Å². The van der Waals surface area contributed by atoms with Gasteiger partial charge in [0.25, 0.3) is 11.8 Å². The molecule has 1 aliphatic rings. The van der Waals surface area contributed by atoms with E-state index in [0.717, 1.165) is 4.90 Å². The molecule has 2 aromatic rings. The average Bonchev–Trinajstić information content (AvgIpc) is 2.85. The minimum atomic E-state index is -0.705. The van der Waals surface area contributed by atoms with Crippen LogP contribution in [0.4, 0.5) is 9.18 Å². The molecule has 1 aliphatic heterocycles. The standard InChI is InChI=1S/C22H23FN2O4/c1-22(2,3)29-21(28)24-16(12-14-7-6-8-15(23)11-14)13-25-19(26)17-9-4-5-10-18(17)20(25)27/h4-11,16H,12-13H2,1-3H3,(H,24,28). The van der Waals surface area contributed by atoms with Gasteiger partial charge in [-0.1, -0.05) is 24.3 Å². The van der Waals surface area contributed by atoms with Gasteiger partial charge in [0.1, 0.15) is 11.4 Å². The molecule has 29 heavy (non-hydrogen) atoms. The van der Waals surface area contributed by atoms with Gasteiger partial charge in [-0.05, 0) is 57.0 Å². The van der Waals surface area contributed by atoms with Gasteiger partial charge in [-0.3, -0.25) is 14.5 Å². The third-order valence-corrected chi connectivity index (χ3v) is 4.37. The average molecular weight is 398 g/mol. The molecule has 1 unspecified atom stereocenters. The topological polar surface area (TPSA) is 75.7 Å². The summed E-state index contributed by atoms with van der Waals surface area (Å²) in [5.74, 6) is -1.24. The molecule has 0 radical (unpaired) electrons. The molecule has 0 saturated heterocycles. The number of fused-ring (bicyclic) bond motifs is 1. The summed E-state index contributed by atoms with van der Waals surface area (Å²) in [4.78, 5) is 38.7. The molecule has 7 heteroatoms. The summed E-state index contributed by atoms with van der Waals surface area (Å²) in [6.45, 7) is 5.15. The molecule has 2 aromatic carbocycles. The van der Waals surface area contributed by atoms with Crippen LogP contribution in [0.2, 0.25) is 0 Å². The van der Waals surface area contributed by atoms with Crippen molar-refractivity contribution in [2.24, 2.45) is 0 Å². The highest BCUT2D eigenvalue weighted by Gasteiger charge is 2.37. The fourth-order valence-electron chi connectivity index (χ4n) is 3.21. The number of ether oxygens (including phenoxy) is 1. The Morgan fingerprint density at radius 2 is 1.69 bits per heavy atom. The maximum absolute atomic E-state index is 13.6. The molecule has 1 atom stereocenters. The summed E-state index contributed by atoms with van der Waals surface area (Å²) in [6.07, 6.45) is -0.444. The zero-order valence-corrected chi connectivity index (χ0v) is 16.6. The number of amides is 3. The largest absolute Gasteiger partial charge is 0.444 e. The van der Waals surface area contributed by atoms with Gasteiger partial charge in [0.2, 0.25) is 0 Å². The Bertz CT molecular complexity index is 917. The highest BCUT2D eigenvalue weighted by molar-refractivity contribution is 6.21. The van der Waals surface area contributed by atoms with Crippen molar-refractivity contribution in [3.8, 4) is 0 Å². The Morgan fingerprint density at radius 1 is 1.07 bits per heavy atom. The fourth-order valence-corrected chi connectivity index (χ4v) is 3.21. The molecule has 0 fully saturated rings. The van der Waals surface area contributed by atoms with Crippen LogP contribution in [0.25, 0.3) is 0 Å². The number of benzene rings is 2. The van der Waals surface area contributed by atoms with E-state index in [1.807, 2.05) is 0 Å². The molecular formula is C22H23FN2O4. The van der Waals surface area contributed by atoms with Crippen LogP contribution in [0, 0.1) is 5.82 Å². The smallest absolute Gasteiger partial charge is 0.407 e. The molecule has 0 saturated carbocycles. The van der Waals surface area contributed by atoms with E-state index in [-0.39, 0.29) is 13.0 Å². The number of nitrogens with one attached hydrogen (secondary N) is 1. The first-order valence-corrected chi connectivity index (χ1v) is 9.33. The third-order valence-electron chi connectivity index (χ3n) is 4.37. The summed E-state index contributed by atoms with van der Waals surface area (Å²) in [5.41, 5.74) is 0.587. The number of hydrogen-bond donors (Lipinski definition) is 1. The van der Waals surface area contributed by atoms with Crippen LogP contribution in [0.15, 0.2) is 48.5 Å². The van der Waals surface area contributed by atoms with Gasteiger partial charge < -0.3 is 10.1 Å². The highest BCUT2D eigenvalue weighted by atomic mass is 19.1. The molecule has 152 valence electrons. The second-order valence-corrected chi connectivity index (χ2v) is 7.94. The second-order valence-electron chi connectivity index (χ2n) is 7.94. The first kappa shape index (κ1) is 20.5. The molecule has 0 bridgehead atoms. The van der Waals surface area contributed by atoms with Crippen LogP contribution in [0.1, 0.15) is 47.1 Å². The van der Waals surface area contributed by atoms with Crippen LogP contribution in [-0.4, -0.2) is 41.0 Å². The van der Waals surface area contributed by atoms with E-state index in [1.54, 1.807) is 57.2 Å². The van der Waals surface area contributed by atoms with E-state index in [0.29, 0.717) is 16.7 Å². The minimum Gasteiger partial charge on any atom is -0.444 e. The number of hydrogen-bond acceptors (Lipinski definition) is 4. The number of carbonyl (C=O) groups excluding carboxylic acids is 3. The molecule has 3 rings (SSSR count). The molecule has 6 nitrogen and oxygen atoms in total. The minimum absolute atomic E-state index is 0.0535. The van der Waals surface area contributed by atoms with Crippen molar-refractivity contribution in [2.75, 3.05) is 6.54 Å². The SMILES string of the molecule is CC(C)(C)OC(=O)NC(Cc1cccc(F)c1)CN1C(=O)c2ccccc2C1=O. The molecule has 1 N–H and O–H groups in total. The predicted molar refractivity (Wildman–Crippen MR) is 105 cm³/mol. The van der Waals surface area contributed by atoms with Gasteiger partial charge in [-0.25, -0.2) is 9.18 Å². The van der Waals surface area contributed by atoms with Crippen molar-refractivity contribution in [2.45, 2.75) is 38.8 Å². The van der Waals surface area contributed by atoms with Crippen molar-refractivity contribution in [3.63, 3.8) is 0 Å². The fraction of sp³-hybridized carbons (Fsp3) is 0.318. The van der Waals surface area contributed by atoms with Gasteiger partial charge >= 0.3 is 6.09 Å². The van der Waals surface area contributed by atoms with Crippen molar-refractivity contribution in [1.82, 2.24) is 10.2 Å². The van der Waals surface area contributed by atoms with Gasteiger partial charge in [0.15, 0.2) is 0 Å². The van der Waals surface area contributed by atoms with E-state index >= 15 is 0 Å². The zero-order chi connectivity index (χ0) is 21.2. The Morgan fingerprint density at radius 3 is 2.24 bits per heavy atom. The van der Waals surface area contributed by atoms with E-state index < -0.39 is 35.4 Å². The molecule has 1 heterocycles. The normalized spacial score (nSPS) is 14.6. The lowest BCUT2D eigenvalue weighted by Crippen LogP contribution is -2.48. The van der Waals surface area contributed by atoms with Gasteiger partial charge in [-0.15, -0.1) is 0 Å². The summed E-state index contributed by atoms with van der Waals surface area (Å²) >= 11 is 0. The number of halogens is 1. The number of nitrogens with zero attached hydrogens (tertiary/aromatic N) is 1. The number of carbonyl (C=O) groups is 3. The van der Waals surface area contributed by atoms with Crippen LogP contribution in [-0.2, 0) is 11.2 Å². The summed E-state index contributed by atoms with van der Waals surface area (Å²) in [6, 6.07) is 11.9. The summed E-state index contributed by atoms with van der Waals surface area (Å²) < 4.78 is 18.9. The van der Waals surface area contributed by atoms with Crippen LogP contribution in [0.5, 0.6) is 0 Å². The Balaban J connectivity index is 1.80. The summed E-state index contributed by atoms with van der Waals surface area (Å²) in [7, 11) is 0. The Kier molecular flexibility index (Phi) is 5.68. The Labute approximate surface area is 168 Å². The molecule has 0 spiro atoms. The van der Waals surface area contributed by atoms with Crippen molar-refractivity contribution >= 4 is 17.9 Å². The lowest BCUT2D eigenvalue weighted by atomic mass is 10.1. The number of rotatable bonds is 5. The van der Waals surface area contributed by atoms with E-state index in [1.165, 1.54) is 12.1 Å². The van der Waals surface area contributed by atoms with Crippen molar-refractivity contribution < 1.29 is 23.5 Å². The van der Waals surface area contributed by atoms with Gasteiger partial charge in [0, 0.05) is 0 Å². The Hall–Kier alpha value is -3.22. The summed E-state index contributed by atoms with van der Waals surface area (Å²) in [5, 5.41) is 2.71. The van der Waals surface area contributed by atoms with Crippen LogP contribution < -0.4 is 5.32 Å². The molecule has 0 aliphatic carbocycles. The monoisotopic (exact) mass is 398 g/mol. The van der Waals surface area contributed by atoms with E-state index in [2.05, 4.69) is 5.32 Å².